The van der Waals surface area contributed by atoms with Crippen LogP contribution in [0.4, 0.5) is 0 Å². The van der Waals surface area contributed by atoms with Gasteiger partial charge in [0.1, 0.15) is 69.7 Å². The van der Waals surface area contributed by atoms with E-state index in [1.807, 2.05) is 0 Å². The first-order valence-electron chi connectivity index (χ1n) is 49.5. The number of aliphatic hydroxyl groups excluding tert-OH is 2. The molecule has 0 heterocycles. The highest BCUT2D eigenvalue weighted by atomic mass is 32.2. The molecule has 0 aliphatic heterocycles. The number of carboxylic acids is 1. The molecule has 1 aromatic carbocycles. The lowest BCUT2D eigenvalue weighted by molar-refractivity contribution is -0.870. The lowest BCUT2D eigenvalue weighted by Crippen LogP contribution is -2.51. The van der Waals surface area contributed by atoms with Crippen LogP contribution in [0.15, 0.2) is 30.3 Å². The number of nitrogens with zero attached hydrogens (tertiary/aromatic N) is 2. The minimum Gasteiger partial charge on any atom is -0.481 e. The Labute approximate surface area is 888 Å². The van der Waals surface area contributed by atoms with Gasteiger partial charge in [-0.25, -0.2) is 38.4 Å². The maximum atomic E-state index is 16.1. The summed E-state index contributed by atoms with van der Waals surface area (Å²) in [6, 6.07) is 10.4. The molecule has 3 N–H and O–H groups in total. The van der Waals surface area contributed by atoms with E-state index in [4.69, 9.17) is 150 Å². The van der Waals surface area contributed by atoms with Crippen LogP contribution in [0.1, 0.15) is 147 Å². The highest BCUT2D eigenvalue weighted by Crippen LogP contribution is 2.54. The molecule has 0 saturated carbocycles. The van der Waals surface area contributed by atoms with Crippen molar-refractivity contribution in [3.05, 3.63) is 35.9 Å². The number of likely N-dealkylation sites (N-methyl/N-ethyl adjacent to an activating group) is 1. The zero-order valence-corrected chi connectivity index (χ0v) is 92.1. The Hall–Kier alpha value is -9.03. The van der Waals surface area contributed by atoms with Crippen molar-refractivity contribution in [1.82, 2.24) is 0 Å². The first kappa shape index (κ1) is 139. The van der Waals surface area contributed by atoms with Gasteiger partial charge in [-0.2, -0.15) is 5.26 Å². The number of thiocarbonyl (C=S) groups is 1. The quantitative estimate of drug-likeness (QED) is 0.0263. The van der Waals surface area contributed by atoms with E-state index in [1.54, 1.807) is 65.7 Å². The number of carbonyl (C=O) groups excluding carboxylic acids is 13. The van der Waals surface area contributed by atoms with Gasteiger partial charge in [0.15, 0.2) is 36.6 Å². The van der Waals surface area contributed by atoms with Crippen LogP contribution in [0.5, 0.6) is 0 Å². The number of esters is 13. The first-order valence-corrected chi connectivity index (χ1v) is 50.7. The molecule has 0 radical (unpaired) electrons. The summed E-state index contributed by atoms with van der Waals surface area (Å²) in [5.74, 6) is -16.7. The Bertz CT molecular complexity index is 4140. The lowest BCUT2D eigenvalue weighted by atomic mass is 9.58. The number of hydrogen-bond acceptors (Lipinski definition) is 48. The molecule has 48 nitrogen and oxygen atoms in total. The maximum absolute atomic E-state index is 16.1. The summed E-state index contributed by atoms with van der Waals surface area (Å²) in [6.07, 6.45) is -17.8. The van der Waals surface area contributed by atoms with Crippen LogP contribution in [0.2, 0.25) is 0 Å². The summed E-state index contributed by atoms with van der Waals surface area (Å²) in [7, 11) is 8.57. The van der Waals surface area contributed by atoms with E-state index in [-0.39, 0.29) is 121 Å². The minimum atomic E-state index is -2.33. The fourth-order valence-corrected chi connectivity index (χ4v) is 15.9. The van der Waals surface area contributed by atoms with Crippen molar-refractivity contribution in [1.29, 1.82) is 5.26 Å². The lowest BCUT2D eigenvalue weighted by Gasteiger charge is -2.45. The SMILES string of the molecule is COCCOCCOCCOCCOCCOCCOCCOCCOC(=O)C(C)(CC(C)(C#N)CCC(=O)O)CC(C)(CC(C)(CC(C)(CC(C)(SC(=S)c1ccccc1)C(=O)OCCOC(=O)C(C)OC(=O)C(C)OC(=O)C(C)OC(=O)C(C)O)C(=O)OCCOCCOCCOCCOCCOCCOCCOCCOC)C(=O)OCC[N+](C)(C)C)C(=O)OCCOC(=O)C(C)OC(=O)C(C)OC(=O)C(C)OC(=O)C(C)O. The van der Waals surface area contributed by atoms with Crippen molar-refractivity contribution in [3.63, 3.8) is 0 Å². The number of aliphatic carboxylic acids is 1. The molecule has 0 aliphatic carbocycles. The topological polar surface area (TPSA) is 591 Å². The monoisotopic (exact) mass is 2190 g/mol. The Morgan fingerprint density at radius 2 is 0.547 bits per heavy atom. The number of aliphatic hydroxyl groups is 2. The zero-order chi connectivity index (χ0) is 113. The van der Waals surface area contributed by atoms with Crippen LogP contribution in [0.3, 0.4) is 0 Å². The molecule has 150 heavy (non-hydrogen) atoms. The van der Waals surface area contributed by atoms with Crippen LogP contribution in [0.25, 0.3) is 0 Å². The number of rotatable bonds is 91. The van der Waals surface area contributed by atoms with E-state index in [0.29, 0.717) is 111 Å². The van der Waals surface area contributed by atoms with E-state index < -0.39 is 242 Å². The molecular formula is C100H163N2O46S2+. The summed E-state index contributed by atoms with van der Waals surface area (Å²) >= 11 is 6.80. The van der Waals surface area contributed by atoms with Crippen molar-refractivity contribution >= 4 is 112 Å². The van der Waals surface area contributed by atoms with Crippen LogP contribution in [-0.4, -0.2) is 448 Å². The number of thioether (sulfide) groups is 1. The van der Waals surface area contributed by atoms with Gasteiger partial charge in [-0.1, -0.05) is 54.3 Å². The van der Waals surface area contributed by atoms with E-state index >= 15 is 24.0 Å². The molecule has 14 atom stereocenters. The average Bonchev–Trinajstić information content (AvgIpc) is 0.752. The van der Waals surface area contributed by atoms with E-state index in [9.17, 15) is 63.7 Å². The number of carbonyl (C=O) groups is 14. The molecule has 1 aromatic rings. The fourth-order valence-electron chi connectivity index (χ4n) is 14.0. The number of hydrogen-bond donors (Lipinski definition) is 3. The van der Waals surface area contributed by atoms with Gasteiger partial charge in [-0.3, -0.25) is 28.8 Å². The highest BCUT2D eigenvalue weighted by molar-refractivity contribution is 8.25. The van der Waals surface area contributed by atoms with Crippen LogP contribution in [0, 0.1) is 38.4 Å². The second-order valence-electron chi connectivity index (χ2n) is 37.1. The van der Waals surface area contributed by atoms with Crippen molar-refractivity contribution in [2.75, 3.05) is 286 Å². The summed E-state index contributed by atoms with van der Waals surface area (Å²) < 4.78 is 158. The van der Waals surface area contributed by atoms with Gasteiger partial charge >= 0.3 is 83.6 Å². The zero-order valence-electron chi connectivity index (χ0n) is 90.4. The van der Waals surface area contributed by atoms with Gasteiger partial charge < -0.3 is 157 Å². The molecule has 860 valence electrons. The van der Waals surface area contributed by atoms with Crippen LogP contribution in [-0.2, 0) is 204 Å². The Morgan fingerprint density at radius 3 is 0.807 bits per heavy atom. The normalized spacial score (nSPS) is 15.5. The fraction of sp³-hybridized carbons (Fsp3) is 0.780. The smallest absolute Gasteiger partial charge is 0.347 e. The third-order valence-electron chi connectivity index (χ3n) is 21.5. The largest absolute Gasteiger partial charge is 0.481 e. The molecule has 0 amide bonds. The summed E-state index contributed by atoms with van der Waals surface area (Å²) in [5, 5.41) is 40.2. The Balaban J connectivity index is 4.22. The summed E-state index contributed by atoms with van der Waals surface area (Å²) in [5.41, 5.74) is -10.3. The van der Waals surface area contributed by atoms with Crippen LogP contribution < -0.4 is 0 Å². The van der Waals surface area contributed by atoms with Gasteiger partial charge in [0.25, 0.3) is 0 Å². The molecule has 0 spiro atoms. The number of benzene rings is 1. The minimum absolute atomic E-state index is 0.0146. The van der Waals surface area contributed by atoms with Crippen molar-refractivity contribution in [3.8, 4) is 6.07 Å². The second-order valence-corrected chi connectivity index (χ2v) is 39.3. The number of methoxy groups -OCH3 is 2. The van der Waals surface area contributed by atoms with E-state index in [0.717, 1.165) is 67.2 Å². The van der Waals surface area contributed by atoms with E-state index in [1.165, 1.54) is 41.5 Å². The molecular weight excluding hydrogens is 2030 g/mol. The predicted octanol–water partition coefficient (Wildman–Crippen LogP) is 4.61. The molecule has 0 fully saturated rings. The number of carboxylic acid groups (broad SMARTS) is 1. The standard InChI is InChI=1S/C100H162N2O46S2/c1-71(103)81(107)143-75(5)85(111)147-77(7)87(113)145-73(3)83(109)136-61-63-141-92(117)97(11,66-96(10,65-95(9,70-101)26-25-80(105)106)90(115)139-59-57-134-55-53-132-51-49-130-47-45-128-43-41-126-39-37-124-35-33-122-31-29-120-18)67-98(12,91(116)138-28-27-102(15,16)17)68-99(13,93(118)140-60-58-135-56-54-133-52-50-131-48-46-129-44-42-127-40-38-125-36-34-123-32-30-121-19)69-100(14,150-89(149)79-23-21-20-22-24-79)94(119)142-64-62-137-84(110)74(4)146-88(114)78(8)148-86(112)76(6)144-82(108)72(2)104/h20-24,71-78,103-104H,25-69H2,1-19H3/p+1. The van der Waals surface area contributed by atoms with Gasteiger partial charge in [0, 0.05) is 20.6 Å². The molecule has 0 saturated heterocycles. The first-order chi connectivity index (χ1) is 70.9. The second kappa shape index (κ2) is 78.2. The molecule has 0 bridgehead atoms. The van der Waals surface area contributed by atoms with Gasteiger partial charge in [0.2, 0.25) is 0 Å². The van der Waals surface area contributed by atoms with Crippen molar-refractivity contribution < 1.29 is 224 Å². The third kappa shape index (κ3) is 62.4. The molecule has 0 aliphatic rings. The Morgan fingerprint density at radius 1 is 0.320 bits per heavy atom. The molecule has 0 aromatic heterocycles. The van der Waals surface area contributed by atoms with Gasteiger partial charge in [-0.15, -0.1) is 0 Å². The number of nitriles is 1. The molecule has 1 rings (SSSR count). The van der Waals surface area contributed by atoms with Crippen molar-refractivity contribution in [2.45, 2.75) is 195 Å². The van der Waals surface area contributed by atoms with Gasteiger partial charge in [-0.05, 0) is 141 Å². The summed E-state index contributed by atoms with van der Waals surface area (Å²) in [4.78, 5) is 194. The summed E-state index contributed by atoms with van der Waals surface area (Å²) in [6.45, 7) is 20.5. The molecule has 14 unspecified atom stereocenters. The van der Waals surface area contributed by atoms with Crippen LogP contribution >= 0.6 is 24.0 Å². The Kier molecular flexibility index (Phi) is 72.4. The average molecular weight is 2190 g/mol. The van der Waals surface area contributed by atoms with Gasteiger partial charge in [0.05, 0.1) is 257 Å². The third-order valence-corrected chi connectivity index (χ3v) is 23.2. The van der Waals surface area contributed by atoms with E-state index in [2.05, 4.69) is 6.07 Å². The number of quaternary nitrogens is 1. The highest BCUT2D eigenvalue weighted by Gasteiger charge is 2.58. The predicted molar refractivity (Wildman–Crippen MR) is 532 cm³/mol. The number of ether oxygens (including phenoxy) is 29. The molecule has 50 heteroatoms. The maximum Gasteiger partial charge on any atom is 0.347 e. The van der Waals surface area contributed by atoms with Crippen molar-refractivity contribution in [2.24, 2.45) is 27.1 Å².